The van der Waals surface area contributed by atoms with E-state index in [1.165, 1.54) is 18.2 Å². The quantitative estimate of drug-likeness (QED) is 0.578. The largest absolute Gasteiger partial charge is 0.288 e. The molecule has 1 aromatic carbocycles. The number of sulfonamides is 1. The third-order valence-corrected chi connectivity index (χ3v) is 5.59. The Morgan fingerprint density at radius 2 is 1.86 bits per heavy atom. The van der Waals surface area contributed by atoms with E-state index in [-0.39, 0.29) is 4.90 Å². The zero-order chi connectivity index (χ0) is 15.5. The lowest BCUT2D eigenvalue weighted by molar-refractivity contribution is 0.0711. The van der Waals surface area contributed by atoms with E-state index in [1.54, 1.807) is 36.7 Å². The molecule has 1 unspecified atom stereocenters. The second-order valence-electron chi connectivity index (χ2n) is 4.30. The highest BCUT2D eigenvalue weighted by atomic mass is 32.2. The minimum Gasteiger partial charge on any atom is -0.288 e. The second-order valence-corrected chi connectivity index (χ2v) is 7.13. The van der Waals surface area contributed by atoms with Crippen molar-refractivity contribution in [1.82, 2.24) is 10.2 Å². The van der Waals surface area contributed by atoms with Crippen LogP contribution >= 0.6 is 11.3 Å². The molecule has 0 aliphatic carbocycles. The highest BCUT2D eigenvalue weighted by Crippen LogP contribution is 2.24. The van der Waals surface area contributed by atoms with Gasteiger partial charge in [-0.15, -0.1) is 11.3 Å². The van der Waals surface area contributed by atoms with E-state index in [0.717, 1.165) is 11.3 Å². The number of hydroxylamine groups is 1. The molecule has 0 saturated heterocycles. The van der Waals surface area contributed by atoms with Crippen molar-refractivity contribution in [3.05, 3.63) is 52.2 Å². The Bertz CT molecular complexity index is 726. The maximum atomic E-state index is 12.2. The molecule has 1 aromatic heterocycles. The molecule has 0 bridgehead atoms. The predicted molar refractivity (Wildman–Crippen MR) is 78.8 cm³/mol. The monoisotopic (exact) mass is 326 g/mol. The van der Waals surface area contributed by atoms with Gasteiger partial charge < -0.3 is 0 Å². The van der Waals surface area contributed by atoms with E-state index in [4.69, 9.17) is 5.21 Å². The number of carbonyl (C=O) groups excluding carboxylic acids is 1. The summed E-state index contributed by atoms with van der Waals surface area (Å²) in [5, 5.41) is 8.57. The van der Waals surface area contributed by atoms with Gasteiger partial charge in [0.1, 0.15) is 0 Å². The summed E-state index contributed by atoms with van der Waals surface area (Å²) >= 11 is 1.11. The lowest BCUT2D eigenvalue weighted by Crippen LogP contribution is -2.26. The van der Waals surface area contributed by atoms with Crippen molar-refractivity contribution in [2.75, 3.05) is 0 Å². The Morgan fingerprint density at radius 1 is 1.19 bits per heavy atom. The summed E-state index contributed by atoms with van der Waals surface area (Å²) in [5.74, 6) is -0.621. The summed E-state index contributed by atoms with van der Waals surface area (Å²) in [6, 6.07) is 10.7. The molecule has 0 saturated carbocycles. The molecule has 8 heteroatoms. The van der Waals surface area contributed by atoms with Crippen molar-refractivity contribution in [2.45, 2.75) is 17.9 Å². The summed E-state index contributed by atoms with van der Waals surface area (Å²) in [7, 11) is -3.62. The van der Waals surface area contributed by atoms with Crippen LogP contribution in [0, 0.1) is 0 Å². The Kier molecular flexibility index (Phi) is 4.73. The molecular formula is C13H14N2O4S2. The lowest BCUT2D eigenvalue weighted by Gasteiger charge is -2.12. The van der Waals surface area contributed by atoms with Gasteiger partial charge in [-0.3, -0.25) is 10.0 Å². The van der Waals surface area contributed by atoms with E-state index in [2.05, 4.69) is 4.72 Å². The van der Waals surface area contributed by atoms with Crippen molar-refractivity contribution in [3.63, 3.8) is 0 Å². The number of rotatable bonds is 5. The Balaban J connectivity index is 2.16. The van der Waals surface area contributed by atoms with Gasteiger partial charge in [0.2, 0.25) is 10.0 Å². The molecular weight excluding hydrogens is 312 g/mol. The summed E-state index contributed by atoms with van der Waals surface area (Å²) in [6.07, 6.45) is 0. The highest BCUT2D eigenvalue weighted by Gasteiger charge is 2.20. The number of thiophene rings is 1. The molecule has 0 aliphatic rings. The van der Waals surface area contributed by atoms with Crippen LogP contribution in [0.3, 0.4) is 0 Å². The SMILES string of the molecule is CC(NS(=O)(=O)c1ccccc1)c1ccc(C(=O)NO)s1. The molecule has 2 aromatic rings. The second kappa shape index (κ2) is 6.35. The van der Waals surface area contributed by atoms with Crippen molar-refractivity contribution in [1.29, 1.82) is 0 Å². The summed E-state index contributed by atoms with van der Waals surface area (Å²) in [5.41, 5.74) is 1.54. The number of amides is 1. The van der Waals surface area contributed by atoms with Crippen molar-refractivity contribution < 1.29 is 18.4 Å². The van der Waals surface area contributed by atoms with E-state index in [0.29, 0.717) is 9.75 Å². The minimum absolute atomic E-state index is 0.182. The van der Waals surface area contributed by atoms with Crippen molar-refractivity contribution in [3.8, 4) is 0 Å². The molecule has 0 spiro atoms. The molecule has 1 amide bonds. The topological polar surface area (TPSA) is 95.5 Å². The number of benzene rings is 1. The van der Waals surface area contributed by atoms with Gasteiger partial charge in [0.05, 0.1) is 15.8 Å². The first kappa shape index (κ1) is 15.6. The summed E-state index contributed by atoms with van der Waals surface area (Å²) in [6.45, 7) is 1.69. The molecule has 112 valence electrons. The van der Waals surface area contributed by atoms with Crippen molar-refractivity contribution >= 4 is 27.3 Å². The zero-order valence-electron chi connectivity index (χ0n) is 11.1. The van der Waals surface area contributed by atoms with Gasteiger partial charge in [0.15, 0.2) is 0 Å². The molecule has 0 aliphatic heterocycles. The standard InChI is InChI=1S/C13H14N2O4S2/c1-9(11-7-8-12(20-11)13(16)14-17)15-21(18,19)10-5-3-2-4-6-10/h2-9,15,17H,1H3,(H,14,16). The molecule has 6 nitrogen and oxygen atoms in total. The number of hydrogen-bond acceptors (Lipinski definition) is 5. The molecule has 1 atom stereocenters. The number of nitrogens with one attached hydrogen (secondary N) is 2. The third-order valence-electron chi connectivity index (χ3n) is 2.76. The van der Waals surface area contributed by atoms with Crippen LogP contribution in [0.15, 0.2) is 47.4 Å². The van der Waals surface area contributed by atoms with Crippen LogP contribution in [-0.4, -0.2) is 19.5 Å². The van der Waals surface area contributed by atoms with Crippen LogP contribution in [0.4, 0.5) is 0 Å². The van der Waals surface area contributed by atoms with E-state index >= 15 is 0 Å². The van der Waals surface area contributed by atoms with Gasteiger partial charge in [0, 0.05) is 4.88 Å². The van der Waals surface area contributed by atoms with Gasteiger partial charge in [-0.25, -0.2) is 18.6 Å². The minimum atomic E-state index is -3.62. The maximum absolute atomic E-state index is 12.2. The van der Waals surface area contributed by atoms with Gasteiger partial charge in [-0.1, -0.05) is 18.2 Å². The van der Waals surface area contributed by atoms with Crippen LogP contribution in [-0.2, 0) is 10.0 Å². The average Bonchev–Trinajstić information content (AvgIpc) is 2.97. The number of hydrogen-bond donors (Lipinski definition) is 3. The zero-order valence-corrected chi connectivity index (χ0v) is 12.7. The van der Waals surface area contributed by atoms with Crippen LogP contribution in [0.2, 0.25) is 0 Å². The molecule has 0 radical (unpaired) electrons. The molecule has 21 heavy (non-hydrogen) atoms. The first-order chi connectivity index (χ1) is 9.94. The molecule has 1 heterocycles. The van der Waals surface area contributed by atoms with Gasteiger partial charge in [-0.2, -0.15) is 0 Å². The smallest absolute Gasteiger partial charge is 0.284 e. The van der Waals surface area contributed by atoms with Gasteiger partial charge in [-0.05, 0) is 31.2 Å². The van der Waals surface area contributed by atoms with Crippen LogP contribution < -0.4 is 10.2 Å². The Morgan fingerprint density at radius 3 is 2.48 bits per heavy atom. The highest BCUT2D eigenvalue weighted by molar-refractivity contribution is 7.89. The lowest BCUT2D eigenvalue weighted by atomic mass is 10.3. The maximum Gasteiger partial charge on any atom is 0.284 e. The average molecular weight is 326 g/mol. The first-order valence-corrected chi connectivity index (χ1v) is 8.35. The van der Waals surface area contributed by atoms with Gasteiger partial charge >= 0.3 is 0 Å². The van der Waals surface area contributed by atoms with Crippen LogP contribution in [0.1, 0.15) is 27.5 Å². The molecule has 3 N–H and O–H groups in total. The predicted octanol–water partition coefficient (Wildman–Crippen LogP) is 1.91. The van der Waals surface area contributed by atoms with Gasteiger partial charge in [0.25, 0.3) is 5.91 Å². The van der Waals surface area contributed by atoms with E-state index in [1.807, 2.05) is 0 Å². The molecule has 2 rings (SSSR count). The summed E-state index contributed by atoms with van der Waals surface area (Å²) in [4.78, 5) is 12.4. The fraction of sp³-hybridized carbons (Fsp3) is 0.154. The Labute approximate surface area is 126 Å². The van der Waals surface area contributed by atoms with Crippen molar-refractivity contribution in [2.24, 2.45) is 0 Å². The first-order valence-electron chi connectivity index (χ1n) is 6.05. The van der Waals surface area contributed by atoms with Crippen LogP contribution in [0.5, 0.6) is 0 Å². The number of carbonyl (C=O) groups is 1. The summed E-state index contributed by atoms with van der Waals surface area (Å²) < 4.78 is 26.9. The fourth-order valence-electron chi connectivity index (χ4n) is 1.72. The van der Waals surface area contributed by atoms with E-state index < -0.39 is 22.0 Å². The Hall–Kier alpha value is -1.74. The van der Waals surface area contributed by atoms with Crippen LogP contribution in [0.25, 0.3) is 0 Å². The normalized spacial score (nSPS) is 12.9. The molecule has 0 fully saturated rings. The third kappa shape index (κ3) is 3.67. The van der Waals surface area contributed by atoms with E-state index in [9.17, 15) is 13.2 Å². The fourth-order valence-corrected chi connectivity index (χ4v) is 3.94.